The fraction of sp³-hybridized carbons (Fsp3) is 1.00. The highest BCUT2D eigenvalue weighted by Gasteiger charge is 2.69. The fourth-order valence-electron chi connectivity index (χ4n) is 1.08. The maximum Gasteiger partial charge on any atom is 0.102 e. The van der Waals surface area contributed by atoms with Crippen molar-refractivity contribution in [1.29, 1.82) is 0 Å². The third kappa shape index (κ3) is 1.16. The van der Waals surface area contributed by atoms with Crippen LogP contribution >= 0.6 is 43.5 Å². The zero-order chi connectivity index (χ0) is 8.21. The molecule has 1 aliphatic rings. The number of hydrogen-bond donors (Lipinski definition) is 0. The van der Waals surface area contributed by atoms with Crippen LogP contribution in [0.4, 0.5) is 0 Å². The summed E-state index contributed by atoms with van der Waals surface area (Å²) in [7, 11) is 0. The van der Waals surface area contributed by atoms with E-state index in [2.05, 4.69) is 52.6 Å². The molecule has 0 aliphatic heterocycles. The van der Waals surface area contributed by atoms with Crippen molar-refractivity contribution in [1.82, 2.24) is 0 Å². The molecule has 1 unspecified atom stereocenters. The van der Waals surface area contributed by atoms with Crippen molar-refractivity contribution in [2.45, 2.75) is 35.3 Å². The molecule has 1 saturated carbocycles. The van der Waals surface area contributed by atoms with Crippen LogP contribution in [0.15, 0.2) is 0 Å². The number of rotatable bonds is 0. The van der Waals surface area contributed by atoms with E-state index < -0.39 is 0 Å². The van der Waals surface area contributed by atoms with E-state index >= 15 is 0 Å². The van der Waals surface area contributed by atoms with Gasteiger partial charge in [-0.1, -0.05) is 52.6 Å². The van der Waals surface area contributed by atoms with Gasteiger partial charge in [0, 0.05) is 0 Å². The highest BCUT2D eigenvalue weighted by atomic mass is 79.9. The Kier molecular flexibility index (Phi) is 2.00. The van der Waals surface area contributed by atoms with Gasteiger partial charge in [0.25, 0.3) is 0 Å². The van der Waals surface area contributed by atoms with Gasteiger partial charge in [0.1, 0.15) is 3.23 Å². The lowest BCUT2D eigenvalue weighted by molar-refractivity contribution is 0.375. The molecule has 0 aromatic rings. The van der Waals surface area contributed by atoms with Crippen molar-refractivity contribution in [3.05, 3.63) is 0 Å². The van der Waals surface area contributed by atoms with Crippen LogP contribution in [0.5, 0.6) is 0 Å². The second-order valence-corrected chi connectivity index (χ2v) is 8.35. The lowest BCUT2D eigenvalue weighted by atomic mass is 9.90. The summed E-state index contributed by atoms with van der Waals surface area (Å²) in [5.74, 6) is 0. The van der Waals surface area contributed by atoms with Gasteiger partial charge in [-0.15, -0.1) is 11.6 Å². The maximum absolute atomic E-state index is 6.32. The summed E-state index contributed by atoms with van der Waals surface area (Å²) in [6, 6.07) is 0. The van der Waals surface area contributed by atoms with Gasteiger partial charge < -0.3 is 0 Å². The first kappa shape index (κ1) is 9.34. The van der Waals surface area contributed by atoms with E-state index in [1.807, 2.05) is 0 Å². The Bertz CT molecular complexity index is 159. The molecule has 0 aromatic heterocycles. The summed E-state index contributed by atoms with van der Waals surface area (Å²) in [4.78, 5) is -0.111. The summed E-state index contributed by atoms with van der Waals surface area (Å²) < 4.78 is -0.0210. The van der Waals surface area contributed by atoms with E-state index in [9.17, 15) is 0 Å². The van der Waals surface area contributed by atoms with E-state index in [0.717, 1.165) is 6.42 Å². The van der Waals surface area contributed by atoms with E-state index in [4.69, 9.17) is 11.6 Å². The van der Waals surface area contributed by atoms with Gasteiger partial charge in [0.2, 0.25) is 0 Å². The van der Waals surface area contributed by atoms with Crippen molar-refractivity contribution >= 4 is 43.5 Å². The third-order valence-electron chi connectivity index (χ3n) is 2.11. The van der Waals surface area contributed by atoms with E-state index in [1.165, 1.54) is 0 Å². The molecule has 1 fully saturated rings. The molecule has 60 valence electrons. The molecular weight excluding hydrogens is 279 g/mol. The molecule has 0 bridgehead atoms. The second kappa shape index (κ2) is 2.14. The molecule has 0 nitrogen and oxygen atoms in total. The molecule has 0 N–H and O–H groups in total. The molecule has 0 heterocycles. The van der Waals surface area contributed by atoms with Gasteiger partial charge in [0.05, 0.1) is 4.87 Å². The molecule has 0 amide bonds. The predicted octanol–water partition coefficient (Wildman–Crippen LogP) is 3.90. The van der Waals surface area contributed by atoms with Crippen LogP contribution in [0.25, 0.3) is 0 Å². The van der Waals surface area contributed by atoms with Crippen molar-refractivity contribution in [3.63, 3.8) is 0 Å². The van der Waals surface area contributed by atoms with Gasteiger partial charge >= 0.3 is 0 Å². The van der Waals surface area contributed by atoms with Gasteiger partial charge in [-0.2, -0.15) is 0 Å². The second-order valence-electron chi connectivity index (χ2n) is 3.93. The first-order chi connectivity index (χ1) is 4.21. The lowest BCUT2D eigenvalue weighted by Crippen LogP contribution is -2.27. The highest BCUT2D eigenvalue weighted by Crippen LogP contribution is 2.70. The Hall–Kier alpha value is 1.25. The van der Waals surface area contributed by atoms with E-state index in [-0.39, 0.29) is 13.5 Å². The predicted molar refractivity (Wildman–Crippen MR) is 53.2 cm³/mol. The van der Waals surface area contributed by atoms with Crippen molar-refractivity contribution in [2.75, 3.05) is 0 Å². The minimum Gasteiger partial charge on any atom is -0.116 e. The molecular formula is C7H11Br2Cl. The molecule has 1 atom stereocenters. The van der Waals surface area contributed by atoms with Crippen LogP contribution in [0, 0.1) is 5.41 Å². The molecule has 1 rings (SSSR count). The van der Waals surface area contributed by atoms with Gasteiger partial charge in [0.15, 0.2) is 0 Å². The first-order valence-electron chi connectivity index (χ1n) is 3.27. The van der Waals surface area contributed by atoms with E-state index in [1.54, 1.807) is 0 Å². The SMILES string of the molecule is CC(C)(C)C1(Cl)CC1(Br)Br. The molecule has 0 aromatic carbocycles. The average Bonchev–Trinajstić information content (AvgIpc) is 2.05. The van der Waals surface area contributed by atoms with Crippen LogP contribution < -0.4 is 0 Å². The minimum absolute atomic E-state index is 0.0210. The van der Waals surface area contributed by atoms with Gasteiger partial charge in [-0.05, 0) is 11.8 Å². The van der Waals surface area contributed by atoms with Crippen LogP contribution in [-0.4, -0.2) is 8.11 Å². The highest BCUT2D eigenvalue weighted by molar-refractivity contribution is 9.25. The molecule has 0 radical (unpaired) electrons. The van der Waals surface area contributed by atoms with Crippen LogP contribution in [0.3, 0.4) is 0 Å². The van der Waals surface area contributed by atoms with Crippen molar-refractivity contribution in [2.24, 2.45) is 5.41 Å². The van der Waals surface area contributed by atoms with Gasteiger partial charge in [-0.25, -0.2) is 0 Å². The smallest absolute Gasteiger partial charge is 0.102 e. The quantitative estimate of drug-likeness (QED) is 0.594. The zero-order valence-electron chi connectivity index (χ0n) is 6.34. The number of alkyl halides is 3. The lowest BCUT2D eigenvalue weighted by Gasteiger charge is -2.26. The van der Waals surface area contributed by atoms with Crippen molar-refractivity contribution in [3.8, 4) is 0 Å². The Morgan fingerprint density at radius 1 is 1.30 bits per heavy atom. The molecule has 0 saturated heterocycles. The number of halogens is 3. The van der Waals surface area contributed by atoms with E-state index in [0.29, 0.717) is 0 Å². The Morgan fingerprint density at radius 2 is 1.60 bits per heavy atom. The summed E-state index contributed by atoms with van der Waals surface area (Å²) >= 11 is 13.4. The summed E-state index contributed by atoms with van der Waals surface area (Å²) in [5, 5.41) is 0. The van der Waals surface area contributed by atoms with Crippen molar-refractivity contribution < 1.29 is 0 Å². The molecule has 1 aliphatic carbocycles. The van der Waals surface area contributed by atoms with Gasteiger partial charge in [-0.3, -0.25) is 0 Å². The Morgan fingerprint density at radius 3 is 1.60 bits per heavy atom. The zero-order valence-corrected chi connectivity index (χ0v) is 10.3. The monoisotopic (exact) mass is 288 g/mol. The molecule has 3 heteroatoms. The summed E-state index contributed by atoms with van der Waals surface area (Å²) in [6.07, 6.45) is 0.991. The topological polar surface area (TPSA) is 0 Å². The molecule has 0 spiro atoms. The summed E-state index contributed by atoms with van der Waals surface area (Å²) in [6.45, 7) is 6.47. The molecule has 10 heavy (non-hydrogen) atoms. The first-order valence-corrected chi connectivity index (χ1v) is 5.24. The Balaban J connectivity index is 2.78. The standard InChI is InChI=1S/C7H11Br2Cl/c1-5(2,3)6(10)4-7(6,8)9/h4H2,1-3H3. The Labute approximate surface area is 84.0 Å². The van der Waals surface area contributed by atoms with Crippen LogP contribution in [0.1, 0.15) is 27.2 Å². The summed E-state index contributed by atoms with van der Waals surface area (Å²) in [5.41, 5.74) is 0.154. The minimum atomic E-state index is -0.111. The largest absolute Gasteiger partial charge is 0.116 e. The average molecular weight is 290 g/mol. The van der Waals surface area contributed by atoms with Crippen LogP contribution in [0.2, 0.25) is 0 Å². The fourth-order valence-corrected chi connectivity index (χ4v) is 3.63. The normalized spacial score (nSPS) is 37.8. The van der Waals surface area contributed by atoms with Crippen LogP contribution in [-0.2, 0) is 0 Å². The maximum atomic E-state index is 6.32. The number of hydrogen-bond acceptors (Lipinski definition) is 0. The third-order valence-corrected chi connectivity index (χ3v) is 5.50.